The molecule has 0 unspecified atom stereocenters. The first-order valence-corrected chi connectivity index (χ1v) is 9.47. The van der Waals surface area contributed by atoms with Gasteiger partial charge in [-0.1, -0.05) is 6.07 Å². The largest absolute Gasteiger partial charge is 0.368 e. The second-order valence-electron chi connectivity index (χ2n) is 7.19. The van der Waals surface area contributed by atoms with Crippen molar-refractivity contribution in [2.24, 2.45) is 5.92 Å². The molecular formula is C19H26N6O. The first-order valence-electron chi connectivity index (χ1n) is 9.47. The Kier molecular flexibility index (Phi) is 4.88. The molecule has 0 aromatic carbocycles. The highest BCUT2D eigenvalue weighted by Crippen LogP contribution is 2.41. The highest BCUT2D eigenvalue weighted by Gasteiger charge is 2.28. The number of aromatic nitrogens is 3. The zero-order valence-electron chi connectivity index (χ0n) is 15.1. The summed E-state index contributed by atoms with van der Waals surface area (Å²) >= 11 is 0. The Morgan fingerprint density at radius 1 is 1.23 bits per heavy atom. The van der Waals surface area contributed by atoms with Crippen LogP contribution in [0.25, 0.3) is 11.5 Å². The van der Waals surface area contributed by atoms with E-state index in [-0.39, 0.29) is 11.8 Å². The van der Waals surface area contributed by atoms with Crippen LogP contribution in [0, 0.1) is 12.8 Å². The maximum Gasteiger partial charge on any atom is 0.224 e. The van der Waals surface area contributed by atoms with E-state index in [2.05, 4.69) is 32.8 Å². The Hall–Kier alpha value is -2.41. The Bertz CT molecular complexity index is 776. The molecule has 4 N–H and O–H groups in total. The number of anilines is 1. The lowest BCUT2D eigenvalue weighted by atomic mass is 10.1. The summed E-state index contributed by atoms with van der Waals surface area (Å²) in [7, 11) is 0. The minimum absolute atomic E-state index is 0.110. The zero-order chi connectivity index (χ0) is 17.9. The number of carbonyl (C=O) groups is 1. The predicted octanol–water partition coefficient (Wildman–Crippen LogP) is 1.80. The number of aromatic amines is 1. The molecule has 1 saturated heterocycles. The van der Waals surface area contributed by atoms with Gasteiger partial charge >= 0.3 is 0 Å². The van der Waals surface area contributed by atoms with Crippen LogP contribution < -0.4 is 16.0 Å². The number of rotatable bonds is 7. The minimum atomic E-state index is 0.110. The van der Waals surface area contributed by atoms with E-state index in [0.717, 1.165) is 42.5 Å². The van der Waals surface area contributed by atoms with E-state index in [9.17, 15) is 4.79 Å². The first kappa shape index (κ1) is 17.0. The van der Waals surface area contributed by atoms with E-state index in [1.807, 2.05) is 18.2 Å². The van der Waals surface area contributed by atoms with Crippen LogP contribution in [0.15, 0.2) is 18.2 Å². The molecule has 7 nitrogen and oxygen atoms in total. The van der Waals surface area contributed by atoms with Gasteiger partial charge < -0.3 is 20.9 Å². The van der Waals surface area contributed by atoms with E-state index in [0.29, 0.717) is 19.0 Å². The summed E-state index contributed by atoms with van der Waals surface area (Å²) < 4.78 is 0. The molecule has 3 heterocycles. The summed E-state index contributed by atoms with van der Waals surface area (Å²) in [5, 5.41) is 9.47. The number of nitrogens with zero attached hydrogens (tertiary/aromatic N) is 2. The SMILES string of the molecule is Cc1[nH]c(-c2cccc(NCCNC(=O)[C@@H]3CCNC3)n2)nc1C1CC1. The van der Waals surface area contributed by atoms with Gasteiger partial charge in [0.05, 0.1) is 11.6 Å². The number of aryl methyl sites for hydroxylation is 1. The van der Waals surface area contributed by atoms with Gasteiger partial charge in [-0.05, 0) is 44.9 Å². The third-order valence-corrected chi connectivity index (χ3v) is 5.04. The van der Waals surface area contributed by atoms with Crippen LogP contribution in [0.2, 0.25) is 0 Å². The second kappa shape index (κ2) is 7.45. The third-order valence-electron chi connectivity index (χ3n) is 5.04. The van der Waals surface area contributed by atoms with E-state index < -0.39 is 0 Å². The summed E-state index contributed by atoms with van der Waals surface area (Å²) in [5.41, 5.74) is 3.17. The molecule has 2 aliphatic rings. The molecule has 138 valence electrons. The van der Waals surface area contributed by atoms with Crippen molar-refractivity contribution < 1.29 is 4.79 Å². The molecule has 2 fully saturated rings. The molecule has 1 amide bonds. The molecule has 26 heavy (non-hydrogen) atoms. The van der Waals surface area contributed by atoms with E-state index in [1.165, 1.54) is 18.5 Å². The monoisotopic (exact) mass is 354 g/mol. The molecular weight excluding hydrogens is 328 g/mol. The van der Waals surface area contributed by atoms with Crippen molar-refractivity contribution in [3.05, 3.63) is 29.6 Å². The number of nitrogens with one attached hydrogen (secondary N) is 4. The molecule has 1 aliphatic heterocycles. The van der Waals surface area contributed by atoms with Gasteiger partial charge in [0.1, 0.15) is 11.5 Å². The average molecular weight is 354 g/mol. The van der Waals surface area contributed by atoms with E-state index >= 15 is 0 Å². The van der Waals surface area contributed by atoms with Crippen LogP contribution in [0.1, 0.15) is 36.6 Å². The van der Waals surface area contributed by atoms with Gasteiger partial charge in [-0.3, -0.25) is 4.79 Å². The number of amides is 1. The Balaban J connectivity index is 1.31. The van der Waals surface area contributed by atoms with Crippen molar-refractivity contribution in [2.45, 2.75) is 32.1 Å². The van der Waals surface area contributed by atoms with Crippen molar-refractivity contribution in [3.8, 4) is 11.5 Å². The van der Waals surface area contributed by atoms with Crippen molar-refractivity contribution in [1.82, 2.24) is 25.6 Å². The normalized spacial score (nSPS) is 19.5. The third kappa shape index (κ3) is 3.88. The maximum atomic E-state index is 12.0. The molecule has 4 rings (SSSR count). The maximum absolute atomic E-state index is 12.0. The standard InChI is InChI=1S/C19H26N6O/c1-12-17(13-5-6-13)25-18(23-12)15-3-2-4-16(24-15)21-9-10-22-19(26)14-7-8-20-11-14/h2-4,13-14,20H,5-11H2,1H3,(H,21,24)(H,22,26)(H,23,25)/t14-/m1/s1. The van der Waals surface area contributed by atoms with Gasteiger partial charge in [-0.25, -0.2) is 9.97 Å². The van der Waals surface area contributed by atoms with Crippen LogP contribution in [-0.4, -0.2) is 47.0 Å². The Labute approximate surface area is 153 Å². The second-order valence-corrected chi connectivity index (χ2v) is 7.19. The van der Waals surface area contributed by atoms with E-state index in [4.69, 9.17) is 4.98 Å². The molecule has 1 saturated carbocycles. The van der Waals surface area contributed by atoms with Crippen LogP contribution in [0.4, 0.5) is 5.82 Å². The summed E-state index contributed by atoms with van der Waals surface area (Å²) in [5.74, 6) is 2.49. The summed E-state index contributed by atoms with van der Waals surface area (Å²) in [6.07, 6.45) is 3.40. The van der Waals surface area contributed by atoms with Gasteiger partial charge in [0.15, 0.2) is 5.82 Å². The lowest BCUT2D eigenvalue weighted by Crippen LogP contribution is -2.35. The Morgan fingerprint density at radius 2 is 2.12 bits per heavy atom. The number of carbonyl (C=O) groups excluding carboxylic acids is 1. The predicted molar refractivity (Wildman–Crippen MR) is 101 cm³/mol. The van der Waals surface area contributed by atoms with Crippen molar-refractivity contribution in [1.29, 1.82) is 0 Å². The van der Waals surface area contributed by atoms with Crippen LogP contribution >= 0.6 is 0 Å². The quantitative estimate of drug-likeness (QED) is 0.569. The molecule has 2 aromatic heterocycles. The fraction of sp³-hybridized carbons (Fsp3) is 0.526. The summed E-state index contributed by atoms with van der Waals surface area (Å²) in [6, 6.07) is 5.88. The molecule has 0 radical (unpaired) electrons. The lowest BCUT2D eigenvalue weighted by molar-refractivity contribution is -0.124. The zero-order valence-corrected chi connectivity index (χ0v) is 15.1. The number of H-pyrrole nitrogens is 1. The topological polar surface area (TPSA) is 94.7 Å². The Morgan fingerprint density at radius 3 is 2.88 bits per heavy atom. The molecule has 2 aromatic rings. The van der Waals surface area contributed by atoms with Gasteiger partial charge in [-0.2, -0.15) is 0 Å². The fourth-order valence-electron chi connectivity index (χ4n) is 3.41. The lowest BCUT2D eigenvalue weighted by Gasteiger charge is -2.11. The van der Waals surface area contributed by atoms with Crippen LogP contribution in [-0.2, 0) is 4.79 Å². The van der Waals surface area contributed by atoms with Crippen molar-refractivity contribution in [3.63, 3.8) is 0 Å². The number of pyridine rings is 1. The van der Waals surface area contributed by atoms with Gasteiger partial charge in [0.25, 0.3) is 0 Å². The van der Waals surface area contributed by atoms with E-state index in [1.54, 1.807) is 0 Å². The molecule has 7 heteroatoms. The molecule has 0 bridgehead atoms. The highest BCUT2D eigenvalue weighted by molar-refractivity contribution is 5.79. The fourth-order valence-corrected chi connectivity index (χ4v) is 3.41. The van der Waals surface area contributed by atoms with Crippen LogP contribution in [0.3, 0.4) is 0 Å². The van der Waals surface area contributed by atoms with Gasteiger partial charge in [0.2, 0.25) is 5.91 Å². The van der Waals surface area contributed by atoms with Crippen molar-refractivity contribution in [2.75, 3.05) is 31.5 Å². The van der Waals surface area contributed by atoms with Gasteiger partial charge in [-0.15, -0.1) is 0 Å². The van der Waals surface area contributed by atoms with Crippen molar-refractivity contribution >= 4 is 11.7 Å². The number of hydrogen-bond donors (Lipinski definition) is 4. The molecule has 0 spiro atoms. The molecule has 1 aliphatic carbocycles. The van der Waals surface area contributed by atoms with Crippen LogP contribution in [0.5, 0.6) is 0 Å². The summed E-state index contributed by atoms with van der Waals surface area (Å²) in [6.45, 7) is 5.03. The first-order chi connectivity index (χ1) is 12.7. The smallest absolute Gasteiger partial charge is 0.224 e. The number of hydrogen-bond acceptors (Lipinski definition) is 5. The average Bonchev–Trinajstić information content (AvgIpc) is 3.18. The van der Waals surface area contributed by atoms with Gasteiger partial charge in [0, 0.05) is 31.2 Å². The molecule has 1 atom stereocenters. The highest BCUT2D eigenvalue weighted by atomic mass is 16.1. The number of imidazole rings is 1. The summed E-state index contributed by atoms with van der Waals surface area (Å²) in [4.78, 5) is 24.7. The minimum Gasteiger partial charge on any atom is -0.368 e.